The fourth-order valence-corrected chi connectivity index (χ4v) is 5.00. The summed E-state index contributed by atoms with van der Waals surface area (Å²) in [6, 6.07) is 27.2. The summed E-state index contributed by atoms with van der Waals surface area (Å²) in [5.41, 5.74) is 1.71. The zero-order chi connectivity index (χ0) is 28.9. The van der Waals surface area contributed by atoms with Crippen LogP contribution >= 0.6 is 23.8 Å². The second kappa shape index (κ2) is 12.3. The SMILES string of the molecule is CCOc1cc(C=C2C(=O)N(c3ccccc3)C(=S)N(c3ccccc3)C2=O)cc(Cl)c1OCc1ccccc1F. The third kappa shape index (κ3) is 5.84. The predicted molar refractivity (Wildman–Crippen MR) is 162 cm³/mol. The fraction of sp³-hybridized carbons (Fsp3) is 0.0938. The van der Waals surface area contributed by atoms with Crippen molar-refractivity contribution in [1.29, 1.82) is 0 Å². The van der Waals surface area contributed by atoms with Gasteiger partial charge in [0.1, 0.15) is 18.0 Å². The highest BCUT2D eigenvalue weighted by atomic mass is 35.5. The number of rotatable bonds is 8. The minimum Gasteiger partial charge on any atom is -0.490 e. The summed E-state index contributed by atoms with van der Waals surface area (Å²) in [5.74, 6) is -1.05. The van der Waals surface area contributed by atoms with Gasteiger partial charge in [0.15, 0.2) is 16.6 Å². The standard InChI is InChI=1S/C32H24ClFN2O4S/c1-2-39-28-19-21(18-26(33)29(28)40-20-22-11-9-10-16-27(22)34)17-25-30(37)35(23-12-5-3-6-13-23)32(41)36(31(25)38)24-14-7-4-8-15-24/h3-19H,2,20H2,1H3. The molecule has 41 heavy (non-hydrogen) atoms. The van der Waals surface area contributed by atoms with E-state index in [4.69, 9.17) is 33.3 Å². The van der Waals surface area contributed by atoms with Crippen LogP contribution in [-0.2, 0) is 16.2 Å². The molecule has 206 valence electrons. The van der Waals surface area contributed by atoms with Gasteiger partial charge in [-0.1, -0.05) is 66.2 Å². The Hall–Kier alpha value is -4.53. The van der Waals surface area contributed by atoms with E-state index in [9.17, 15) is 14.0 Å². The summed E-state index contributed by atoms with van der Waals surface area (Å²) < 4.78 is 25.8. The molecule has 4 aromatic carbocycles. The molecule has 1 saturated heterocycles. The number of carbonyl (C=O) groups is 2. The van der Waals surface area contributed by atoms with Crippen molar-refractivity contribution in [3.05, 3.63) is 125 Å². The van der Waals surface area contributed by atoms with Crippen LogP contribution in [0.1, 0.15) is 18.1 Å². The number of hydrogen-bond donors (Lipinski definition) is 0. The molecular formula is C32H24ClFN2O4S. The van der Waals surface area contributed by atoms with E-state index < -0.39 is 17.6 Å². The molecule has 0 radical (unpaired) electrons. The van der Waals surface area contributed by atoms with E-state index in [0.29, 0.717) is 29.1 Å². The number of hydrogen-bond acceptors (Lipinski definition) is 5. The van der Waals surface area contributed by atoms with Crippen molar-refractivity contribution in [3.63, 3.8) is 0 Å². The van der Waals surface area contributed by atoms with Gasteiger partial charge in [-0.25, -0.2) is 4.39 Å². The van der Waals surface area contributed by atoms with Crippen LogP contribution in [0.4, 0.5) is 15.8 Å². The molecule has 4 aromatic rings. The molecule has 1 heterocycles. The van der Waals surface area contributed by atoms with Gasteiger partial charge in [-0.2, -0.15) is 0 Å². The lowest BCUT2D eigenvalue weighted by Gasteiger charge is -2.36. The van der Waals surface area contributed by atoms with Crippen LogP contribution in [0, 0.1) is 5.82 Å². The quantitative estimate of drug-likeness (QED) is 0.124. The average Bonchev–Trinajstić information content (AvgIpc) is 2.97. The van der Waals surface area contributed by atoms with Gasteiger partial charge < -0.3 is 9.47 Å². The normalized spacial score (nSPS) is 13.4. The van der Waals surface area contributed by atoms with Crippen molar-refractivity contribution in [3.8, 4) is 11.5 Å². The molecule has 0 spiro atoms. The summed E-state index contributed by atoms with van der Waals surface area (Å²) in [4.78, 5) is 30.2. The minimum atomic E-state index is -0.577. The molecule has 0 atom stereocenters. The Morgan fingerprint density at radius 3 is 1.95 bits per heavy atom. The molecule has 0 aliphatic carbocycles. The molecule has 0 bridgehead atoms. The lowest BCUT2D eigenvalue weighted by molar-refractivity contribution is -0.120. The largest absolute Gasteiger partial charge is 0.490 e. The maximum atomic E-state index is 14.1. The van der Waals surface area contributed by atoms with E-state index in [1.54, 1.807) is 85.8 Å². The topological polar surface area (TPSA) is 59.1 Å². The molecule has 5 rings (SSSR count). The highest BCUT2D eigenvalue weighted by Crippen LogP contribution is 2.39. The van der Waals surface area contributed by atoms with E-state index in [1.165, 1.54) is 21.9 Å². The van der Waals surface area contributed by atoms with Gasteiger partial charge in [0.05, 0.1) is 23.0 Å². The van der Waals surface area contributed by atoms with E-state index in [1.807, 2.05) is 12.1 Å². The Kier molecular flexibility index (Phi) is 8.42. The first-order chi connectivity index (χ1) is 19.9. The Bertz CT molecular complexity index is 1580. The smallest absolute Gasteiger partial charge is 0.270 e. The fourth-order valence-electron chi connectivity index (χ4n) is 4.35. The van der Waals surface area contributed by atoms with Gasteiger partial charge in [0.25, 0.3) is 11.8 Å². The minimum absolute atomic E-state index is 0.0412. The summed E-state index contributed by atoms with van der Waals surface area (Å²) >= 11 is 12.3. The maximum absolute atomic E-state index is 14.1. The molecule has 1 aliphatic rings. The van der Waals surface area contributed by atoms with Crippen molar-refractivity contribution in [2.75, 3.05) is 16.4 Å². The lowest BCUT2D eigenvalue weighted by atomic mass is 10.0. The van der Waals surface area contributed by atoms with Crippen LogP contribution < -0.4 is 19.3 Å². The molecule has 9 heteroatoms. The molecular weight excluding hydrogens is 563 g/mol. The van der Waals surface area contributed by atoms with Gasteiger partial charge in [-0.3, -0.25) is 19.4 Å². The zero-order valence-corrected chi connectivity index (χ0v) is 23.5. The monoisotopic (exact) mass is 586 g/mol. The molecule has 1 aliphatic heterocycles. The van der Waals surface area contributed by atoms with Gasteiger partial charge in [-0.05, 0) is 73.2 Å². The van der Waals surface area contributed by atoms with E-state index in [2.05, 4.69) is 0 Å². The van der Waals surface area contributed by atoms with Gasteiger partial charge >= 0.3 is 0 Å². The van der Waals surface area contributed by atoms with Crippen LogP contribution in [-0.4, -0.2) is 23.5 Å². The maximum Gasteiger partial charge on any atom is 0.270 e. The number of ether oxygens (including phenoxy) is 2. The number of anilines is 2. The number of amides is 2. The summed E-state index contributed by atoms with van der Waals surface area (Å²) in [5, 5.41) is 0.213. The average molecular weight is 587 g/mol. The van der Waals surface area contributed by atoms with Gasteiger partial charge in [-0.15, -0.1) is 0 Å². The summed E-state index contributed by atoms with van der Waals surface area (Å²) in [6.45, 7) is 2.02. The number of halogens is 2. The number of carbonyl (C=O) groups excluding carboxylic acids is 2. The molecule has 2 amide bonds. The zero-order valence-electron chi connectivity index (χ0n) is 21.9. The van der Waals surface area contributed by atoms with Gasteiger partial charge in [0, 0.05) is 5.56 Å². The lowest BCUT2D eigenvalue weighted by Crippen LogP contribution is -2.56. The van der Waals surface area contributed by atoms with Gasteiger partial charge in [0.2, 0.25) is 0 Å². The molecule has 0 aromatic heterocycles. The number of benzene rings is 4. The third-order valence-electron chi connectivity index (χ3n) is 6.25. The molecule has 0 N–H and O–H groups in total. The van der Waals surface area contributed by atoms with E-state index in [-0.39, 0.29) is 33.8 Å². The Balaban J connectivity index is 1.56. The first-order valence-electron chi connectivity index (χ1n) is 12.8. The number of thiocarbonyl (C=S) groups is 1. The molecule has 0 unspecified atom stereocenters. The van der Waals surface area contributed by atoms with Crippen LogP contribution in [0.5, 0.6) is 11.5 Å². The van der Waals surface area contributed by atoms with Crippen LogP contribution in [0.15, 0.2) is 103 Å². The highest BCUT2D eigenvalue weighted by Gasteiger charge is 2.41. The van der Waals surface area contributed by atoms with E-state index in [0.717, 1.165) is 0 Å². The summed E-state index contributed by atoms with van der Waals surface area (Å²) in [6.07, 6.45) is 1.45. The first-order valence-corrected chi connectivity index (χ1v) is 13.5. The number of nitrogens with zero attached hydrogens (tertiary/aromatic N) is 2. The van der Waals surface area contributed by atoms with Crippen molar-refractivity contribution in [2.24, 2.45) is 0 Å². The van der Waals surface area contributed by atoms with Crippen LogP contribution in [0.25, 0.3) is 6.08 Å². The Morgan fingerprint density at radius 1 is 0.829 bits per heavy atom. The Morgan fingerprint density at radius 2 is 1.39 bits per heavy atom. The highest BCUT2D eigenvalue weighted by molar-refractivity contribution is 7.81. The molecule has 1 fully saturated rings. The number of para-hydroxylation sites is 2. The van der Waals surface area contributed by atoms with Crippen LogP contribution in [0.3, 0.4) is 0 Å². The first kappa shape index (κ1) is 28.0. The third-order valence-corrected chi connectivity index (χ3v) is 6.90. The molecule has 6 nitrogen and oxygen atoms in total. The van der Waals surface area contributed by atoms with Crippen LogP contribution in [0.2, 0.25) is 5.02 Å². The molecule has 0 saturated carbocycles. The van der Waals surface area contributed by atoms with Crippen molar-refractivity contribution < 1.29 is 23.5 Å². The van der Waals surface area contributed by atoms with E-state index >= 15 is 0 Å². The summed E-state index contributed by atoms with van der Waals surface area (Å²) in [7, 11) is 0. The van der Waals surface area contributed by atoms with Crippen molar-refractivity contribution >= 4 is 58.2 Å². The second-order valence-corrected chi connectivity index (χ2v) is 9.71. The predicted octanol–water partition coefficient (Wildman–Crippen LogP) is 7.21. The second-order valence-electron chi connectivity index (χ2n) is 8.94. The Labute approximate surface area is 247 Å². The van der Waals surface area contributed by atoms with Crippen molar-refractivity contribution in [2.45, 2.75) is 13.5 Å². The van der Waals surface area contributed by atoms with Crippen molar-refractivity contribution in [1.82, 2.24) is 0 Å².